The van der Waals surface area contributed by atoms with Crippen molar-refractivity contribution >= 4 is 71.2 Å². The highest BCUT2D eigenvalue weighted by molar-refractivity contribution is 9.11. The van der Waals surface area contributed by atoms with Crippen LogP contribution in [0.5, 0.6) is 17.2 Å². The van der Waals surface area contributed by atoms with Gasteiger partial charge < -0.3 is 19.3 Å². The second kappa shape index (κ2) is 11.1. The van der Waals surface area contributed by atoms with Crippen molar-refractivity contribution in [3.8, 4) is 17.2 Å². The molecule has 0 radical (unpaired) electrons. The number of carbonyl (C=O) groups is 1. The molecule has 2 heterocycles. The molecule has 194 valence electrons. The van der Waals surface area contributed by atoms with E-state index in [0.717, 1.165) is 15.8 Å². The molecule has 1 N–H and O–H groups in total. The van der Waals surface area contributed by atoms with Crippen molar-refractivity contribution in [1.82, 2.24) is 4.57 Å². The number of carbonyl (C=O) groups excluding carboxylic acids is 1. The molecule has 37 heavy (non-hydrogen) atoms. The summed E-state index contributed by atoms with van der Waals surface area (Å²) >= 11 is 11.5. The summed E-state index contributed by atoms with van der Waals surface area (Å²) < 4.78 is 19.9. The van der Waals surface area contributed by atoms with Gasteiger partial charge in [-0.1, -0.05) is 43.2 Å². The standard InChI is InChI=1S/C25H21Br3N2O6S/c1-5-36-24(33)20-11(2)29-25-30(21(20)14-9-17(34-3)18(35-4)10-15(14)27)23(32)19(37-25)7-12-6-13(26)8-16(28)22(12)31/h6-10,21,31H,5H2,1-4H3/b19-7-/t21-/m0/s1. The van der Waals surface area contributed by atoms with Crippen molar-refractivity contribution in [2.24, 2.45) is 4.99 Å². The van der Waals surface area contributed by atoms with Gasteiger partial charge in [0.2, 0.25) is 0 Å². The Balaban J connectivity index is 2.04. The van der Waals surface area contributed by atoms with Crippen molar-refractivity contribution in [2.45, 2.75) is 19.9 Å². The van der Waals surface area contributed by atoms with Gasteiger partial charge in [0.05, 0.1) is 47.1 Å². The van der Waals surface area contributed by atoms with Crippen LogP contribution in [0.4, 0.5) is 0 Å². The van der Waals surface area contributed by atoms with Crippen LogP contribution in [0, 0.1) is 0 Å². The first-order chi connectivity index (χ1) is 17.6. The molecule has 0 saturated heterocycles. The Morgan fingerprint density at radius 2 is 1.81 bits per heavy atom. The number of esters is 1. The van der Waals surface area contributed by atoms with Crippen molar-refractivity contribution in [2.75, 3.05) is 20.8 Å². The summed E-state index contributed by atoms with van der Waals surface area (Å²) in [5, 5.41) is 10.5. The zero-order valence-corrected chi connectivity index (χ0v) is 25.7. The number of hydrogen-bond acceptors (Lipinski definition) is 8. The quantitative estimate of drug-likeness (QED) is 0.368. The zero-order valence-electron chi connectivity index (χ0n) is 20.1. The highest BCUT2D eigenvalue weighted by Gasteiger charge is 2.35. The first-order valence-electron chi connectivity index (χ1n) is 10.9. The van der Waals surface area contributed by atoms with Gasteiger partial charge in [-0.3, -0.25) is 9.36 Å². The first kappa shape index (κ1) is 27.6. The Morgan fingerprint density at radius 1 is 1.14 bits per heavy atom. The van der Waals surface area contributed by atoms with E-state index >= 15 is 0 Å². The lowest BCUT2D eigenvalue weighted by Crippen LogP contribution is -2.40. The summed E-state index contributed by atoms with van der Waals surface area (Å²) in [6.45, 7) is 3.59. The molecule has 3 aromatic rings. The third kappa shape index (κ3) is 5.16. The third-order valence-corrected chi connectivity index (χ3v) is 8.39. The molecule has 0 amide bonds. The molecule has 1 aromatic heterocycles. The number of thiazole rings is 1. The number of phenols is 1. The van der Waals surface area contributed by atoms with Crippen LogP contribution in [0.3, 0.4) is 0 Å². The maximum absolute atomic E-state index is 13.8. The average Bonchev–Trinajstić information content (AvgIpc) is 3.15. The van der Waals surface area contributed by atoms with E-state index < -0.39 is 12.0 Å². The molecular weight excluding hydrogens is 696 g/mol. The SMILES string of the molecule is CCOC(=O)C1=C(C)N=c2s/c(=C\c3cc(Br)cc(Br)c3O)c(=O)n2[C@H]1c1cc(OC)c(OC)cc1Br. The number of allylic oxidation sites excluding steroid dienone is 1. The van der Waals surface area contributed by atoms with E-state index in [2.05, 4.69) is 52.8 Å². The number of fused-ring (bicyclic) bond motifs is 1. The molecule has 8 nitrogen and oxygen atoms in total. The Hall–Kier alpha value is -2.41. The second-order valence-corrected chi connectivity index (χ2v) is 11.5. The highest BCUT2D eigenvalue weighted by atomic mass is 79.9. The van der Waals surface area contributed by atoms with E-state index in [1.54, 1.807) is 44.2 Å². The Bertz CT molecular complexity index is 1630. The molecular formula is C25H21Br3N2O6S. The van der Waals surface area contributed by atoms with Crippen LogP contribution in [0.25, 0.3) is 6.08 Å². The fourth-order valence-electron chi connectivity index (χ4n) is 4.00. The van der Waals surface area contributed by atoms with Crippen LogP contribution in [0.1, 0.15) is 31.0 Å². The summed E-state index contributed by atoms with van der Waals surface area (Å²) in [5.74, 6) is 0.346. The number of aromatic nitrogens is 1. The number of hydrogen-bond donors (Lipinski definition) is 1. The number of aromatic hydroxyl groups is 1. The molecule has 0 aliphatic carbocycles. The summed E-state index contributed by atoms with van der Waals surface area (Å²) in [6, 6.07) is 6.00. The van der Waals surface area contributed by atoms with Crippen LogP contribution in [-0.4, -0.2) is 36.5 Å². The lowest BCUT2D eigenvalue weighted by Gasteiger charge is -2.26. The van der Waals surface area contributed by atoms with Crippen molar-refractivity contribution in [3.05, 3.63) is 79.8 Å². The number of halogens is 3. The average molecular weight is 717 g/mol. The maximum Gasteiger partial charge on any atom is 0.338 e. The van der Waals surface area contributed by atoms with Gasteiger partial charge >= 0.3 is 5.97 Å². The smallest absolute Gasteiger partial charge is 0.338 e. The molecule has 1 aliphatic heterocycles. The van der Waals surface area contributed by atoms with Crippen molar-refractivity contribution in [3.63, 3.8) is 0 Å². The Labute approximate surface area is 241 Å². The van der Waals surface area contributed by atoms with Gasteiger partial charge in [0.1, 0.15) is 5.75 Å². The van der Waals surface area contributed by atoms with Crippen LogP contribution >= 0.6 is 59.1 Å². The van der Waals surface area contributed by atoms with Gasteiger partial charge in [0.15, 0.2) is 16.3 Å². The molecule has 12 heteroatoms. The lowest BCUT2D eigenvalue weighted by molar-refractivity contribution is -0.139. The minimum Gasteiger partial charge on any atom is -0.506 e. The molecule has 0 fully saturated rings. The number of ether oxygens (including phenoxy) is 3. The fourth-order valence-corrected chi connectivity index (χ4v) is 6.84. The summed E-state index contributed by atoms with van der Waals surface area (Å²) in [7, 11) is 3.04. The van der Waals surface area contributed by atoms with Gasteiger partial charge in [-0.15, -0.1) is 0 Å². The number of benzene rings is 2. The molecule has 0 bridgehead atoms. The fraction of sp³-hybridized carbons (Fsp3) is 0.240. The molecule has 2 aromatic carbocycles. The van der Waals surface area contributed by atoms with Gasteiger partial charge in [0.25, 0.3) is 5.56 Å². The van der Waals surface area contributed by atoms with Crippen molar-refractivity contribution < 1.29 is 24.1 Å². The van der Waals surface area contributed by atoms with E-state index in [9.17, 15) is 14.7 Å². The van der Waals surface area contributed by atoms with Crippen LogP contribution < -0.4 is 24.4 Å². The van der Waals surface area contributed by atoms with E-state index in [1.807, 2.05) is 0 Å². The van der Waals surface area contributed by atoms with Crippen LogP contribution in [0.2, 0.25) is 0 Å². The highest BCUT2D eigenvalue weighted by Crippen LogP contribution is 2.41. The monoisotopic (exact) mass is 714 g/mol. The molecule has 0 unspecified atom stereocenters. The largest absolute Gasteiger partial charge is 0.506 e. The van der Waals surface area contributed by atoms with Gasteiger partial charge in [-0.25, -0.2) is 9.79 Å². The predicted molar refractivity (Wildman–Crippen MR) is 151 cm³/mol. The molecule has 1 atom stereocenters. The molecule has 0 spiro atoms. The van der Waals surface area contributed by atoms with Gasteiger partial charge in [0, 0.05) is 14.5 Å². The lowest BCUT2D eigenvalue weighted by atomic mass is 9.95. The Kier molecular flexibility index (Phi) is 8.32. The van der Waals surface area contributed by atoms with Crippen molar-refractivity contribution in [1.29, 1.82) is 0 Å². The minimum atomic E-state index is -0.852. The van der Waals surface area contributed by atoms with Gasteiger partial charge in [-0.2, -0.15) is 0 Å². The van der Waals surface area contributed by atoms with E-state index in [1.165, 1.54) is 18.8 Å². The first-order valence-corrected chi connectivity index (χ1v) is 14.1. The van der Waals surface area contributed by atoms with Gasteiger partial charge in [-0.05, 0) is 65.7 Å². The maximum atomic E-state index is 13.8. The number of nitrogens with zero attached hydrogens (tertiary/aromatic N) is 2. The van der Waals surface area contributed by atoms with Crippen LogP contribution in [-0.2, 0) is 9.53 Å². The summed E-state index contributed by atoms with van der Waals surface area (Å²) in [5.41, 5.74) is 1.33. The predicted octanol–water partition coefficient (Wildman–Crippen LogP) is 4.81. The van der Waals surface area contributed by atoms with E-state index in [0.29, 0.717) is 46.6 Å². The molecule has 1 aliphatic rings. The number of rotatable bonds is 6. The second-order valence-electron chi connectivity index (χ2n) is 7.86. The number of phenolic OH excluding ortho intramolecular Hbond substituents is 1. The zero-order chi connectivity index (χ0) is 27.0. The van der Waals surface area contributed by atoms with E-state index in [4.69, 9.17) is 14.2 Å². The third-order valence-electron chi connectivity index (χ3n) is 5.66. The van der Waals surface area contributed by atoms with Crippen LogP contribution in [0.15, 0.2) is 58.7 Å². The minimum absolute atomic E-state index is 0.00314. The molecule has 0 saturated carbocycles. The normalized spacial score (nSPS) is 15.3. The topological polar surface area (TPSA) is 99.4 Å². The Morgan fingerprint density at radius 3 is 2.46 bits per heavy atom. The number of methoxy groups -OCH3 is 2. The summed E-state index contributed by atoms with van der Waals surface area (Å²) in [6.07, 6.45) is 1.60. The summed E-state index contributed by atoms with van der Waals surface area (Å²) in [4.78, 5) is 32.0. The molecule has 4 rings (SSSR count). The van der Waals surface area contributed by atoms with E-state index in [-0.39, 0.29) is 23.5 Å².